The molecule has 0 unspecified atom stereocenters. The summed E-state index contributed by atoms with van der Waals surface area (Å²) in [7, 11) is -3.60. The van der Waals surface area contributed by atoms with Crippen LogP contribution in [0, 0.1) is 0 Å². The lowest BCUT2D eigenvalue weighted by molar-refractivity contribution is -0.124. The van der Waals surface area contributed by atoms with Crippen molar-refractivity contribution in [1.82, 2.24) is 4.31 Å². The van der Waals surface area contributed by atoms with Crippen molar-refractivity contribution in [2.45, 2.75) is 49.5 Å². The average molecular weight is 351 g/mol. The Morgan fingerprint density at radius 1 is 1.12 bits per heavy atom. The fourth-order valence-electron chi connectivity index (χ4n) is 3.14. The van der Waals surface area contributed by atoms with Crippen LogP contribution < -0.4 is 0 Å². The third kappa shape index (κ3) is 3.52. The summed E-state index contributed by atoms with van der Waals surface area (Å²) in [5.41, 5.74) is 0.160. The van der Waals surface area contributed by atoms with Crippen molar-refractivity contribution in [3.8, 4) is 0 Å². The van der Waals surface area contributed by atoms with Gasteiger partial charge in [0.15, 0.2) is 11.9 Å². The van der Waals surface area contributed by atoms with E-state index in [-0.39, 0.29) is 16.2 Å². The molecule has 0 amide bonds. The van der Waals surface area contributed by atoms with Crippen molar-refractivity contribution in [2.24, 2.45) is 0 Å². The Morgan fingerprint density at radius 3 is 2.54 bits per heavy atom. The Labute approximate surface area is 141 Å². The highest BCUT2D eigenvalue weighted by Crippen LogP contribution is 2.23. The number of carbonyl (C=O) groups excluding carboxylic acids is 2. The molecule has 0 N–H and O–H groups in total. The van der Waals surface area contributed by atoms with E-state index in [1.807, 2.05) is 0 Å². The Balaban J connectivity index is 1.78. The van der Waals surface area contributed by atoms with Gasteiger partial charge in [0.2, 0.25) is 10.0 Å². The minimum atomic E-state index is -3.60. The quantitative estimate of drug-likeness (QED) is 0.777. The lowest BCUT2D eigenvalue weighted by Crippen LogP contribution is -2.35. The first-order valence-electron chi connectivity index (χ1n) is 8.32. The van der Waals surface area contributed by atoms with Crippen molar-refractivity contribution >= 4 is 21.8 Å². The monoisotopic (exact) mass is 351 g/mol. The van der Waals surface area contributed by atoms with Gasteiger partial charge in [0.1, 0.15) is 0 Å². The van der Waals surface area contributed by atoms with Gasteiger partial charge in [-0.15, -0.1) is 0 Å². The molecular weight excluding hydrogens is 330 g/mol. The first-order chi connectivity index (χ1) is 11.5. The fraction of sp³-hybridized carbons (Fsp3) is 0.529. The maximum Gasteiger partial charge on any atom is 0.338 e. The molecule has 1 aromatic rings. The molecule has 1 aliphatic carbocycles. The van der Waals surface area contributed by atoms with Crippen molar-refractivity contribution in [3.63, 3.8) is 0 Å². The normalized spacial score (nSPS) is 22.5. The Morgan fingerprint density at radius 2 is 1.88 bits per heavy atom. The molecule has 1 aliphatic heterocycles. The lowest BCUT2D eigenvalue weighted by Gasteiger charge is -2.26. The number of ether oxygens (including phenoxy) is 1. The number of carbonyl (C=O) groups is 2. The number of Topliss-reactive ketones (excluding diaryl/α,β-unsaturated/α-hetero) is 1. The number of hydrogen-bond acceptors (Lipinski definition) is 5. The van der Waals surface area contributed by atoms with E-state index in [1.54, 1.807) is 0 Å². The summed E-state index contributed by atoms with van der Waals surface area (Å²) in [5, 5.41) is 0. The zero-order valence-corrected chi connectivity index (χ0v) is 14.3. The minimum Gasteiger partial charge on any atom is -0.451 e. The molecule has 0 radical (unpaired) electrons. The second kappa shape index (κ2) is 7.03. The maximum atomic E-state index is 12.7. The average Bonchev–Trinajstić information content (AvgIpc) is 3.00. The van der Waals surface area contributed by atoms with E-state index in [4.69, 9.17) is 4.74 Å². The molecule has 1 heterocycles. The summed E-state index contributed by atoms with van der Waals surface area (Å²) in [4.78, 5) is 23.9. The molecule has 3 rings (SSSR count). The van der Waals surface area contributed by atoms with Gasteiger partial charge in [0.25, 0.3) is 0 Å². The zero-order valence-electron chi connectivity index (χ0n) is 13.4. The molecule has 2 aliphatic rings. The van der Waals surface area contributed by atoms with Crippen LogP contribution in [0.25, 0.3) is 0 Å². The summed E-state index contributed by atoms with van der Waals surface area (Å²) >= 11 is 0. The minimum absolute atomic E-state index is 0.0690. The van der Waals surface area contributed by atoms with Gasteiger partial charge < -0.3 is 4.74 Å². The summed E-state index contributed by atoms with van der Waals surface area (Å²) in [5.74, 6) is -0.716. The molecule has 6 nitrogen and oxygen atoms in total. The topological polar surface area (TPSA) is 80.8 Å². The highest BCUT2D eigenvalue weighted by molar-refractivity contribution is 7.89. The highest BCUT2D eigenvalue weighted by Gasteiger charge is 2.30. The Hall–Kier alpha value is -1.73. The van der Waals surface area contributed by atoms with Crippen LogP contribution in [0.15, 0.2) is 29.2 Å². The molecular formula is C17H21NO5S. The van der Waals surface area contributed by atoms with Crippen LogP contribution in [0.4, 0.5) is 0 Å². The van der Waals surface area contributed by atoms with Crippen LogP contribution >= 0.6 is 0 Å². The number of hydrogen-bond donors (Lipinski definition) is 0. The van der Waals surface area contributed by atoms with Crippen LogP contribution in [0.2, 0.25) is 0 Å². The number of piperidine rings is 1. The summed E-state index contributed by atoms with van der Waals surface area (Å²) in [6, 6.07) is 5.87. The lowest BCUT2D eigenvalue weighted by atomic mass is 10.2. The molecule has 24 heavy (non-hydrogen) atoms. The van der Waals surface area contributed by atoms with Gasteiger partial charge in [-0.05, 0) is 43.9 Å². The SMILES string of the molecule is O=C(O[C@H]1CCCC1=O)c1cccc(S(=O)(=O)N2CCCCC2)c1. The number of benzene rings is 1. The van der Waals surface area contributed by atoms with E-state index in [0.29, 0.717) is 25.9 Å². The Bertz CT molecular complexity index is 737. The van der Waals surface area contributed by atoms with Crippen LogP contribution in [-0.2, 0) is 19.6 Å². The van der Waals surface area contributed by atoms with Crippen molar-refractivity contribution < 1.29 is 22.7 Å². The molecule has 1 aromatic carbocycles. The van der Waals surface area contributed by atoms with E-state index in [0.717, 1.165) is 25.7 Å². The van der Waals surface area contributed by atoms with Gasteiger partial charge in [0, 0.05) is 19.5 Å². The van der Waals surface area contributed by atoms with E-state index in [1.165, 1.54) is 28.6 Å². The summed E-state index contributed by atoms with van der Waals surface area (Å²) in [6.45, 7) is 1.02. The summed E-state index contributed by atoms with van der Waals surface area (Å²) < 4.78 is 32.0. The second-order valence-corrected chi connectivity index (χ2v) is 8.18. The predicted octanol–water partition coefficient (Wildman–Crippen LogP) is 2.14. The van der Waals surface area contributed by atoms with Gasteiger partial charge in [-0.2, -0.15) is 4.31 Å². The number of esters is 1. The standard InChI is InChI=1S/C17H21NO5S/c19-15-8-5-9-16(15)23-17(20)13-6-4-7-14(12-13)24(21,22)18-10-2-1-3-11-18/h4,6-7,12,16H,1-3,5,8-11H2/t16-/m0/s1. The van der Waals surface area contributed by atoms with Gasteiger partial charge in [-0.1, -0.05) is 12.5 Å². The van der Waals surface area contributed by atoms with E-state index >= 15 is 0 Å². The van der Waals surface area contributed by atoms with E-state index in [2.05, 4.69) is 0 Å². The van der Waals surface area contributed by atoms with Crippen molar-refractivity contribution in [3.05, 3.63) is 29.8 Å². The number of nitrogens with zero attached hydrogens (tertiary/aromatic N) is 1. The van der Waals surface area contributed by atoms with Crippen LogP contribution in [0.1, 0.15) is 48.9 Å². The molecule has 1 atom stereocenters. The molecule has 7 heteroatoms. The van der Waals surface area contributed by atoms with Crippen LogP contribution in [0.3, 0.4) is 0 Å². The maximum absolute atomic E-state index is 12.7. The van der Waals surface area contributed by atoms with Crippen molar-refractivity contribution in [1.29, 1.82) is 0 Å². The Kier molecular flexibility index (Phi) is 5.01. The number of rotatable bonds is 4. The third-order valence-corrected chi connectivity index (χ3v) is 6.42. The molecule has 130 valence electrons. The van der Waals surface area contributed by atoms with Gasteiger partial charge in [-0.3, -0.25) is 4.79 Å². The van der Waals surface area contributed by atoms with Crippen molar-refractivity contribution in [2.75, 3.05) is 13.1 Å². The largest absolute Gasteiger partial charge is 0.451 e. The molecule has 0 bridgehead atoms. The summed E-state index contributed by atoms with van der Waals surface area (Å²) in [6.07, 6.45) is 3.74. The van der Waals surface area contributed by atoms with E-state index < -0.39 is 22.1 Å². The number of ketones is 1. The smallest absolute Gasteiger partial charge is 0.338 e. The van der Waals surface area contributed by atoms with Gasteiger partial charge in [0.05, 0.1) is 10.5 Å². The van der Waals surface area contributed by atoms with Gasteiger partial charge >= 0.3 is 5.97 Å². The molecule has 0 spiro atoms. The highest BCUT2D eigenvalue weighted by atomic mass is 32.2. The van der Waals surface area contributed by atoms with Gasteiger partial charge in [-0.25, -0.2) is 13.2 Å². The first-order valence-corrected chi connectivity index (χ1v) is 9.76. The first kappa shape index (κ1) is 17.1. The third-order valence-electron chi connectivity index (χ3n) is 4.52. The zero-order chi connectivity index (χ0) is 17.2. The van der Waals surface area contributed by atoms with Crippen LogP contribution in [0.5, 0.6) is 0 Å². The number of sulfonamides is 1. The molecule has 2 fully saturated rings. The fourth-order valence-corrected chi connectivity index (χ4v) is 4.71. The van der Waals surface area contributed by atoms with Crippen LogP contribution in [-0.4, -0.2) is 43.7 Å². The molecule has 0 aromatic heterocycles. The second-order valence-electron chi connectivity index (χ2n) is 6.25. The van der Waals surface area contributed by atoms with E-state index in [9.17, 15) is 18.0 Å². The molecule has 1 saturated carbocycles. The predicted molar refractivity (Wildman–Crippen MR) is 87.1 cm³/mol. The molecule has 1 saturated heterocycles.